The first-order chi connectivity index (χ1) is 6.33. The van der Waals surface area contributed by atoms with Crippen molar-refractivity contribution >= 4 is 12.4 Å². The maximum absolute atomic E-state index is 6.40. The Morgan fingerprint density at radius 3 is 1.71 bits per heavy atom. The van der Waals surface area contributed by atoms with Gasteiger partial charge < -0.3 is 10.1 Å². The second-order valence-corrected chi connectivity index (χ2v) is 5.13. The molecule has 0 aromatic rings. The largest absolute Gasteiger partial charge is 0.366 e. The minimum absolute atomic E-state index is 0. The second-order valence-electron chi connectivity index (χ2n) is 5.13. The Hall–Kier alpha value is 0.210. The highest BCUT2D eigenvalue weighted by atomic mass is 35.5. The fourth-order valence-electron chi connectivity index (χ4n) is 3.20. The van der Waals surface area contributed by atoms with Crippen molar-refractivity contribution in [1.82, 2.24) is 5.32 Å². The molecule has 0 radical (unpaired) electrons. The molecule has 0 aromatic carbocycles. The number of halogens is 1. The predicted octanol–water partition coefficient (Wildman–Crippen LogP) is 2.26. The molecule has 1 aliphatic heterocycles. The smallest absolute Gasteiger partial charge is 0.0814 e. The van der Waals surface area contributed by atoms with Crippen molar-refractivity contribution in [2.75, 3.05) is 13.1 Å². The summed E-state index contributed by atoms with van der Waals surface area (Å²) >= 11 is 0. The number of morpholine rings is 1. The molecule has 0 amide bonds. The third kappa shape index (κ3) is 1.58. The Bertz CT molecular complexity index is 209. The van der Waals surface area contributed by atoms with Gasteiger partial charge in [0.05, 0.1) is 11.2 Å². The van der Waals surface area contributed by atoms with Crippen LogP contribution in [0.15, 0.2) is 0 Å². The Balaban J connectivity index is 0.000000750. The molecule has 2 saturated carbocycles. The summed E-state index contributed by atoms with van der Waals surface area (Å²) in [5.74, 6) is 0. The van der Waals surface area contributed by atoms with E-state index in [0.29, 0.717) is 0 Å². The number of ether oxygens (including phenoxy) is 1. The summed E-state index contributed by atoms with van der Waals surface area (Å²) < 4.78 is 6.40. The topological polar surface area (TPSA) is 21.3 Å². The van der Waals surface area contributed by atoms with Crippen LogP contribution < -0.4 is 5.32 Å². The number of hydrogen-bond acceptors (Lipinski definition) is 2. The minimum atomic E-state index is 0. The van der Waals surface area contributed by atoms with E-state index < -0.39 is 0 Å². The zero-order valence-corrected chi connectivity index (χ0v) is 9.50. The predicted molar refractivity (Wildman–Crippen MR) is 59.0 cm³/mol. The van der Waals surface area contributed by atoms with Crippen LogP contribution >= 0.6 is 12.4 Å². The summed E-state index contributed by atoms with van der Waals surface area (Å²) in [7, 11) is 0. The van der Waals surface area contributed by atoms with Crippen LogP contribution in [0.25, 0.3) is 0 Å². The summed E-state index contributed by atoms with van der Waals surface area (Å²) in [5, 5.41) is 3.59. The van der Waals surface area contributed by atoms with Gasteiger partial charge in [0.25, 0.3) is 0 Å². The lowest BCUT2D eigenvalue weighted by molar-refractivity contribution is -0.207. The van der Waals surface area contributed by atoms with Crippen LogP contribution in [-0.4, -0.2) is 24.3 Å². The van der Waals surface area contributed by atoms with Gasteiger partial charge in [0.2, 0.25) is 0 Å². The van der Waals surface area contributed by atoms with E-state index in [1.54, 1.807) is 0 Å². The molecule has 3 rings (SSSR count). The van der Waals surface area contributed by atoms with Gasteiger partial charge >= 0.3 is 0 Å². The summed E-state index contributed by atoms with van der Waals surface area (Å²) in [6, 6.07) is 0. The van der Waals surface area contributed by atoms with Crippen LogP contribution in [0.2, 0.25) is 0 Å². The van der Waals surface area contributed by atoms with Crippen molar-refractivity contribution in [2.24, 2.45) is 0 Å². The van der Waals surface area contributed by atoms with Crippen LogP contribution in [-0.2, 0) is 4.74 Å². The third-order valence-electron chi connectivity index (χ3n) is 4.11. The number of nitrogens with one attached hydrogen (secondary N) is 1. The van der Waals surface area contributed by atoms with Gasteiger partial charge in [0.1, 0.15) is 0 Å². The standard InChI is InChI=1S/C11H19NO.ClH/c1-2-5-10(4-1)8-12-9-11(13-10)6-3-7-11;/h12H,1-9H2;1H. The molecular formula is C11H20ClNO. The van der Waals surface area contributed by atoms with Gasteiger partial charge in [-0.2, -0.15) is 0 Å². The Kier molecular flexibility index (Phi) is 2.80. The normalized spacial score (nSPS) is 32.6. The van der Waals surface area contributed by atoms with Gasteiger partial charge in [-0.3, -0.25) is 0 Å². The van der Waals surface area contributed by atoms with Crippen molar-refractivity contribution in [3.63, 3.8) is 0 Å². The molecular weight excluding hydrogens is 198 g/mol. The zero-order valence-electron chi connectivity index (χ0n) is 8.68. The summed E-state index contributed by atoms with van der Waals surface area (Å²) in [5.41, 5.74) is 0.515. The van der Waals surface area contributed by atoms with Crippen LogP contribution in [0.4, 0.5) is 0 Å². The molecule has 3 heteroatoms. The van der Waals surface area contributed by atoms with Gasteiger partial charge in [-0.15, -0.1) is 12.4 Å². The lowest BCUT2D eigenvalue weighted by atomic mass is 9.77. The van der Waals surface area contributed by atoms with Crippen LogP contribution in [0.5, 0.6) is 0 Å². The summed E-state index contributed by atoms with van der Waals surface area (Å²) in [6.45, 7) is 2.21. The first kappa shape index (κ1) is 10.7. The van der Waals surface area contributed by atoms with E-state index in [0.717, 1.165) is 13.1 Å². The van der Waals surface area contributed by atoms with E-state index in [2.05, 4.69) is 5.32 Å². The lowest BCUT2D eigenvalue weighted by Crippen LogP contribution is -2.62. The summed E-state index contributed by atoms with van der Waals surface area (Å²) in [6.07, 6.45) is 9.29. The molecule has 0 atom stereocenters. The van der Waals surface area contributed by atoms with E-state index in [4.69, 9.17) is 4.74 Å². The van der Waals surface area contributed by atoms with E-state index in [-0.39, 0.29) is 23.6 Å². The Morgan fingerprint density at radius 1 is 0.786 bits per heavy atom. The molecule has 2 spiro atoms. The van der Waals surface area contributed by atoms with Crippen molar-refractivity contribution in [2.45, 2.75) is 56.1 Å². The highest BCUT2D eigenvalue weighted by Crippen LogP contribution is 2.45. The Morgan fingerprint density at radius 2 is 1.29 bits per heavy atom. The van der Waals surface area contributed by atoms with Gasteiger partial charge in [-0.1, -0.05) is 12.8 Å². The molecule has 3 aliphatic rings. The highest BCUT2D eigenvalue weighted by molar-refractivity contribution is 5.85. The van der Waals surface area contributed by atoms with Gasteiger partial charge in [0, 0.05) is 13.1 Å². The first-order valence-electron chi connectivity index (χ1n) is 5.74. The Labute approximate surface area is 92.2 Å². The maximum Gasteiger partial charge on any atom is 0.0814 e. The van der Waals surface area contributed by atoms with Gasteiger partial charge in [-0.25, -0.2) is 0 Å². The van der Waals surface area contributed by atoms with Gasteiger partial charge in [0.15, 0.2) is 0 Å². The quantitative estimate of drug-likeness (QED) is 0.672. The van der Waals surface area contributed by atoms with Crippen molar-refractivity contribution < 1.29 is 4.74 Å². The molecule has 1 saturated heterocycles. The SMILES string of the molecule is C1CCC2(C1)CNCC1(CCC1)O2.Cl. The van der Waals surface area contributed by atoms with Crippen LogP contribution in [0.1, 0.15) is 44.9 Å². The molecule has 1 heterocycles. The van der Waals surface area contributed by atoms with E-state index >= 15 is 0 Å². The molecule has 0 bridgehead atoms. The average Bonchev–Trinajstić information content (AvgIpc) is 2.51. The van der Waals surface area contributed by atoms with E-state index in [9.17, 15) is 0 Å². The van der Waals surface area contributed by atoms with E-state index in [1.165, 1.54) is 44.9 Å². The average molecular weight is 218 g/mol. The van der Waals surface area contributed by atoms with Crippen molar-refractivity contribution in [3.8, 4) is 0 Å². The molecule has 14 heavy (non-hydrogen) atoms. The van der Waals surface area contributed by atoms with Crippen LogP contribution in [0.3, 0.4) is 0 Å². The molecule has 1 N–H and O–H groups in total. The molecule has 82 valence electrons. The number of hydrogen-bond donors (Lipinski definition) is 1. The molecule has 0 unspecified atom stereocenters. The molecule has 2 aliphatic carbocycles. The zero-order chi connectivity index (χ0) is 8.78. The monoisotopic (exact) mass is 217 g/mol. The van der Waals surface area contributed by atoms with Crippen molar-refractivity contribution in [1.29, 1.82) is 0 Å². The molecule has 3 fully saturated rings. The fourth-order valence-corrected chi connectivity index (χ4v) is 3.20. The maximum atomic E-state index is 6.40. The summed E-state index contributed by atoms with van der Waals surface area (Å²) in [4.78, 5) is 0. The molecule has 2 nitrogen and oxygen atoms in total. The third-order valence-corrected chi connectivity index (χ3v) is 4.11. The fraction of sp³-hybridized carbons (Fsp3) is 1.00. The second kappa shape index (κ2) is 3.66. The highest BCUT2D eigenvalue weighted by Gasteiger charge is 2.49. The van der Waals surface area contributed by atoms with E-state index in [1.807, 2.05) is 0 Å². The minimum Gasteiger partial charge on any atom is -0.366 e. The van der Waals surface area contributed by atoms with Crippen molar-refractivity contribution in [3.05, 3.63) is 0 Å². The number of rotatable bonds is 0. The first-order valence-corrected chi connectivity index (χ1v) is 5.74. The molecule has 0 aromatic heterocycles. The van der Waals surface area contributed by atoms with Crippen LogP contribution in [0, 0.1) is 0 Å². The van der Waals surface area contributed by atoms with Gasteiger partial charge in [-0.05, 0) is 32.1 Å². The lowest BCUT2D eigenvalue weighted by Gasteiger charge is -2.52.